The maximum atomic E-state index is 12.5. The van der Waals surface area contributed by atoms with Gasteiger partial charge in [0.2, 0.25) is 5.89 Å². The number of nitrogens with one attached hydrogen (secondary N) is 1. The van der Waals surface area contributed by atoms with Crippen molar-refractivity contribution in [2.24, 2.45) is 0 Å². The number of aryl methyl sites for hydroxylation is 2. The third-order valence-electron chi connectivity index (χ3n) is 5.43. The summed E-state index contributed by atoms with van der Waals surface area (Å²) in [6.07, 6.45) is 3.99. The van der Waals surface area contributed by atoms with Crippen LogP contribution in [0.1, 0.15) is 53.9 Å². The smallest absolute Gasteiger partial charge is 0.317 e. The molecule has 2 amide bonds. The Morgan fingerprint density at radius 2 is 2.08 bits per heavy atom. The van der Waals surface area contributed by atoms with E-state index in [9.17, 15) is 4.79 Å². The second-order valence-corrected chi connectivity index (χ2v) is 7.06. The number of piperidine rings is 1. The first-order valence-electron chi connectivity index (χ1n) is 9.11. The van der Waals surface area contributed by atoms with E-state index in [1.807, 2.05) is 11.8 Å². The lowest BCUT2D eigenvalue weighted by Gasteiger charge is -2.30. The highest BCUT2D eigenvalue weighted by atomic mass is 16.5. The summed E-state index contributed by atoms with van der Waals surface area (Å²) in [4.78, 5) is 18.7. The minimum absolute atomic E-state index is 0.0459. The Bertz CT molecular complexity index is 749. The summed E-state index contributed by atoms with van der Waals surface area (Å²) in [6.45, 7) is 4.02. The van der Waals surface area contributed by atoms with Crippen molar-refractivity contribution < 1.29 is 9.32 Å². The summed E-state index contributed by atoms with van der Waals surface area (Å²) >= 11 is 0. The summed E-state index contributed by atoms with van der Waals surface area (Å²) in [5.41, 5.74) is 2.82. The second-order valence-electron chi connectivity index (χ2n) is 7.06. The van der Waals surface area contributed by atoms with Crippen LogP contribution in [0.15, 0.2) is 28.8 Å². The normalized spacial score (nSPS) is 20.5. The first kappa shape index (κ1) is 16.1. The van der Waals surface area contributed by atoms with Crippen molar-refractivity contribution in [3.05, 3.63) is 47.1 Å². The topological polar surface area (TPSA) is 71.3 Å². The number of likely N-dealkylation sites (tertiary alicyclic amines) is 1. The Morgan fingerprint density at radius 1 is 1.28 bits per heavy atom. The van der Waals surface area contributed by atoms with Gasteiger partial charge in [0.05, 0.1) is 0 Å². The first-order valence-corrected chi connectivity index (χ1v) is 9.11. The van der Waals surface area contributed by atoms with Gasteiger partial charge in [0.15, 0.2) is 5.82 Å². The van der Waals surface area contributed by atoms with E-state index in [4.69, 9.17) is 4.52 Å². The summed E-state index contributed by atoms with van der Waals surface area (Å²) in [5, 5.41) is 6.99. The van der Waals surface area contributed by atoms with E-state index in [0.29, 0.717) is 17.6 Å². The Labute approximate surface area is 147 Å². The zero-order chi connectivity index (χ0) is 17.2. The van der Waals surface area contributed by atoms with Gasteiger partial charge in [0.1, 0.15) is 0 Å². The van der Waals surface area contributed by atoms with Gasteiger partial charge >= 0.3 is 6.03 Å². The standard InChI is InChI=1S/C19H24N4O2/c1-13-21-18(25-22-13)15-8-10-23(11-9-15)19(24)20-12-16-7-6-14-4-2-3-5-17(14)16/h2-5,15-16H,6-12H2,1H3,(H,20,24)/t16-/m0/s1. The fourth-order valence-corrected chi connectivity index (χ4v) is 3.99. The molecule has 1 N–H and O–H groups in total. The third kappa shape index (κ3) is 3.38. The summed E-state index contributed by atoms with van der Waals surface area (Å²) in [6, 6.07) is 8.61. The summed E-state index contributed by atoms with van der Waals surface area (Å²) < 4.78 is 5.27. The average Bonchev–Trinajstić information content (AvgIpc) is 3.26. The number of carbonyl (C=O) groups is 1. The highest BCUT2D eigenvalue weighted by Gasteiger charge is 2.28. The molecule has 0 unspecified atom stereocenters. The third-order valence-corrected chi connectivity index (χ3v) is 5.43. The van der Waals surface area contributed by atoms with Crippen molar-refractivity contribution in [2.45, 2.75) is 44.4 Å². The lowest BCUT2D eigenvalue weighted by atomic mass is 9.97. The number of rotatable bonds is 3. The Hall–Kier alpha value is -2.37. The Morgan fingerprint density at radius 3 is 2.84 bits per heavy atom. The minimum Gasteiger partial charge on any atom is -0.339 e. The van der Waals surface area contributed by atoms with E-state index in [1.165, 1.54) is 11.1 Å². The number of hydrogen-bond donors (Lipinski definition) is 1. The molecule has 1 atom stereocenters. The molecule has 1 aliphatic heterocycles. The molecule has 2 heterocycles. The van der Waals surface area contributed by atoms with Crippen LogP contribution in [-0.4, -0.2) is 40.7 Å². The van der Waals surface area contributed by atoms with Crippen molar-refractivity contribution >= 4 is 6.03 Å². The molecule has 0 radical (unpaired) electrons. The molecule has 0 saturated carbocycles. The molecule has 0 bridgehead atoms. The van der Waals surface area contributed by atoms with E-state index in [-0.39, 0.29) is 11.9 Å². The number of urea groups is 1. The lowest BCUT2D eigenvalue weighted by Crippen LogP contribution is -2.45. The number of aromatic nitrogens is 2. The van der Waals surface area contributed by atoms with Gasteiger partial charge in [-0.05, 0) is 43.7 Å². The fourth-order valence-electron chi connectivity index (χ4n) is 3.99. The number of carbonyl (C=O) groups excluding carboxylic acids is 1. The number of benzene rings is 1. The van der Waals surface area contributed by atoms with Gasteiger partial charge in [-0.3, -0.25) is 0 Å². The van der Waals surface area contributed by atoms with Crippen LogP contribution >= 0.6 is 0 Å². The molecule has 1 fully saturated rings. The molecule has 1 aromatic carbocycles. The minimum atomic E-state index is 0.0459. The van der Waals surface area contributed by atoms with Crippen LogP contribution in [0.2, 0.25) is 0 Å². The van der Waals surface area contributed by atoms with Crippen LogP contribution < -0.4 is 5.32 Å². The average molecular weight is 340 g/mol. The molecule has 2 aromatic rings. The molecule has 0 spiro atoms. The molecular weight excluding hydrogens is 316 g/mol. The maximum Gasteiger partial charge on any atom is 0.317 e. The number of amides is 2. The monoisotopic (exact) mass is 340 g/mol. The van der Waals surface area contributed by atoms with Crippen molar-refractivity contribution in [3.8, 4) is 0 Å². The second kappa shape index (κ2) is 6.86. The molecular formula is C19H24N4O2. The number of nitrogens with zero attached hydrogens (tertiary/aromatic N) is 3. The SMILES string of the molecule is Cc1noc(C2CCN(C(=O)NC[C@@H]3CCc4ccccc43)CC2)n1. The van der Waals surface area contributed by atoms with Gasteiger partial charge in [-0.1, -0.05) is 29.4 Å². The number of hydrogen-bond acceptors (Lipinski definition) is 4. The Balaban J connectivity index is 1.27. The molecule has 25 heavy (non-hydrogen) atoms. The molecule has 6 nitrogen and oxygen atoms in total. The zero-order valence-corrected chi connectivity index (χ0v) is 14.6. The summed E-state index contributed by atoms with van der Waals surface area (Å²) in [7, 11) is 0. The molecule has 6 heteroatoms. The van der Waals surface area contributed by atoms with Crippen LogP contribution in [-0.2, 0) is 6.42 Å². The van der Waals surface area contributed by atoms with E-state index in [1.54, 1.807) is 0 Å². The molecule has 1 aromatic heterocycles. The predicted molar refractivity (Wildman–Crippen MR) is 93.5 cm³/mol. The quantitative estimate of drug-likeness (QED) is 0.932. The van der Waals surface area contributed by atoms with Crippen LogP contribution in [0.25, 0.3) is 0 Å². The highest BCUT2D eigenvalue weighted by Crippen LogP contribution is 2.32. The van der Waals surface area contributed by atoms with Crippen LogP contribution in [0, 0.1) is 6.92 Å². The Kier molecular flexibility index (Phi) is 4.42. The fraction of sp³-hybridized carbons (Fsp3) is 0.526. The van der Waals surface area contributed by atoms with Gasteiger partial charge in [-0.2, -0.15) is 4.98 Å². The number of fused-ring (bicyclic) bond motifs is 1. The maximum absolute atomic E-state index is 12.5. The van der Waals surface area contributed by atoms with E-state index < -0.39 is 0 Å². The predicted octanol–water partition coefficient (Wildman–Crippen LogP) is 3.00. The molecule has 1 saturated heterocycles. The lowest BCUT2D eigenvalue weighted by molar-refractivity contribution is 0.174. The molecule has 1 aliphatic carbocycles. The van der Waals surface area contributed by atoms with E-state index in [2.05, 4.69) is 39.7 Å². The molecule has 2 aliphatic rings. The zero-order valence-electron chi connectivity index (χ0n) is 14.6. The highest BCUT2D eigenvalue weighted by molar-refractivity contribution is 5.74. The van der Waals surface area contributed by atoms with Crippen LogP contribution in [0.3, 0.4) is 0 Å². The molecule has 132 valence electrons. The van der Waals surface area contributed by atoms with Crippen molar-refractivity contribution in [1.29, 1.82) is 0 Å². The van der Waals surface area contributed by atoms with Gasteiger partial charge < -0.3 is 14.7 Å². The van der Waals surface area contributed by atoms with E-state index in [0.717, 1.165) is 45.3 Å². The van der Waals surface area contributed by atoms with Crippen LogP contribution in [0.4, 0.5) is 4.79 Å². The van der Waals surface area contributed by atoms with E-state index >= 15 is 0 Å². The van der Waals surface area contributed by atoms with Crippen LogP contribution in [0.5, 0.6) is 0 Å². The first-order chi connectivity index (χ1) is 12.2. The summed E-state index contributed by atoms with van der Waals surface area (Å²) in [5.74, 6) is 2.10. The molecule has 4 rings (SSSR count). The van der Waals surface area contributed by atoms with Gasteiger partial charge in [0, 0.05) is 31.5 Å². The largest absolute Gasteiger partial charge is 0.339 e. The van der Waals surface area contributed by atoms with Gasteiger partial charge in [-0.25, -0.2) is 4.79 Å². The van der Waals surface area contributed by atoms with Gasteiger partial charge in [0.25, 0.3) is 0 Å². The van der Waals surface area contributed by atoms with Crippen molar-refractivity contribution in [2.75, 3.05) is 19.6 Å². The van der Waals surface area contributed by atoms with Crippen molar-refractivity contribution in [3.63, 3.8) is 0 Å². The van der Waals surface area contributed by atoms with Gasteiger partial charge in [-0.15, -0.1) is 0 Å². The van der Waals surface area contributed by atoms with Crippen molar-refractivity contribution in [1.82, 2.24) is 20.4 Å².